The van der Waals surface area contributed by atoms with Crippen molar-refractivity contribution in [1.82, 2.24) is 0 Å². The van der Waals surface area contributed by atoms with Crippen LogP contribution in [0, 0.1) is 6.92 Å². The molecule has 0 radical (unpaired) electrons. The summed E-state index contributed by atoms with van der Waals surface area (Å²) in [6.45, 7) is 26.7. The van der Waals surface area contributed by atoms with E-state index in [0.717, 1.165) is 42.7 Å². The fourth-order valence-corrected chi connectivity index (χ4v) is 17.7. The molecule has 11 aromatic rings. The van der Waals surface area contributed by atoms with Gasteiger partial charge in [0.1, 0.15) is 0 Å². The molecule has 0 saturated heterocycles. The molecule has 0 saturated carbocycles. The molecule has 91 heavy (non-hydrogen) atoms. The van der Waals surface area contributed by atoms with Gasteiger partial charge in [0.05, 0.1) is 11.1 Å². The molecule has 6 aliphatic rings. The summed E-state index contributed by atoms with van der Waals surface area (Å²) >= 11 is 0. The molecule has 0 atom stereocenters. The largest absolute Gasteiger partial charge is 0.376 e. The van der Waals surface area contributed by atoms with Gasteiger partial charge in [0.2, 0.25) is 0 Å². The molecular formula is C87H80BN3. The van der Waals surface area contributed by atoms with Gasteiger partial charge in [-0.05, 0) is 226 Å². The van der Waals surface area contributed by atoms with Gasteiger partial charge in [-0.1, -0.05) is 239 Å². The molecular weight excluding hydrogens is 1100 g/mol. The van der Waals surface area contributed by atoms with E-state index in [1.807, 2.05) is 0 Å². The Morgan fingerprint density at radius 2 is 0.945 bits per heavy atom. The molecule has 0 aromatic heterocycles. The van der Waals surface area contributed by atoms with Crippen molar-refractivity contribution in [1.29, 1.82) is 0 Å². The van der Waals surface area contributed by atoms with Crippen molar-refractivity contribution >= 4 is 63.3 Å². The number of anilines is 8. The van der Waals surface area contributed by atoms with Crippen molar-refractivity contribution in [3.8, 4) is 44.5 Å². The van der Waals surface area contributed by atoms with Crippen LogP contribution in [-0.2, 0) is 27.1 Å². The number of nitrogens with zero attached hydrogens (tertiary/aromatic N) is 3. The highest BCUT2D eigenvalue weighted by atomic mass is 15.2. The number of rotatable bonds is 7. The van der Waals surface area contributed by atoms with Gasteiger partial charge in [0.15, 0.2) is 0 Å². The fraction of sp³-hybridized carbons (Fsp3) is 0.241. The van der Waals surface area contributed by atoms with Crippen LogP contribution in [0.2, 0.25) is 0 Å². The lowest BCUT2D eigenvalue weighted by atomic mass is 9.42. The maximum Gasteiger partial charge on any atom is 0.333 e. The second-order valence-electron chi connectivity index (χ2n) is 30.3. The fourth-order valence-electron chi connectivity index (χ4n) is 17.7. The van der Waals surface area contributed by atoms with Gasteiger partial charge in [-0.2, -0.15) is 0 Å². The first-order valence-corrected chi connectivity index (χ1v) is 33.5. The molecule has 0 amide bonds. The summed E-state index contributed by atoms with van der Waals surface area (Å²) in [5, 5.41) is 0. The van der Waals surface area contributed by atoms with Gasteiger partial charge >= 0.3 is 6.85 Å². The summed E-state index contributed by atoms with van der Waals surface area (Å²) in [6, 6.07) is 90.0. The van der Waals surface area contributed by atoms with E-state index in [9.17, 15) is 0 Å². The first-order chi connectivity index (χ1) is 43.8. The van der Waals surface area contributed by atoms with Crippen LogP contribution in [0.15, 0.2) is 231 Å². The van der Waals surface area contributed by atoms with Crippen LogP contribution < -0.4 is 25.5 Å². The Hall–Kier alpha value is -9.12. The molecule has 3 heterocycles. The van der Waals surface area contributed by atoms with E-state index in [0.29, 0.717) is 0 Å². The summed E-state index contributed by atoms with van der Waals surface area (Å²) in [5.74, 6) is 0.270. The number of benzene rings is 11. The number of aryl methyl sites for hydroxylation is 1. The van der Waals surface area contributed by atoms with Gasteiger partial charge in [0, 0.05) is 45.4 Å². The van der Waals surface area contributed by atoms with Crippen molar-refractivity contribution in [2.45, 2.75) is 135 Å². The molecule has 0 bridgehead atoms. The van der Waals surface area contributed by atoms with E-state index in [1.165, 1.54) is 140 Å². The van der Waals surface area contributed by atoms with Crippen LogP contribution in [-0.4, -0.2) is 6.85 Å². The molecule has 4 heteroatoms. The Kier molecular flexibility index (Phi) is 12.1. The molecule has 0 unspecified atom stereocenters. The van der Waals surface area contributed by atoms with Crippen molar-refractivity contribution in [3.63, 3.8) is 0 Å². The summed E-state index contributed by atoms with van der Waals surface area (Å²) in [5.41, 5.74) is 35.9. The van der Waals surface area contributed by atoms with Gasteiger partial charge < -0.3 is 14.6 Å². The van der Waals surface area contributed by atoms with Crippen LogP contribution in [0.4, 0.5) is 45.5 Å². The minimum absolute atomic E-state index is 0.00269. The van der Waals surface area contributed by atoms with E-state index in [4.69, 9.17) is 0 Å². The zero-order valence-electron chi connectivity index (χ0n) is 54.8. The molecule has 11 aromatic carbocycles. The average Bonchev–Trinajstić information content (AvgIpc) is 1.65. The molecule has 3 nitrogen and oxygen atoms in total. The predicted molar refractivity (Wildman–Crippen MR) is 386 cm³/mol. The van der Waals surface area contributed by atoms with Crippen LogP contribution in [0.3, 0.4) is 0 Å². The van der Waals surface area contributed by atoms with Crippen LogP contribution in [0.5, 0.6) is 0 Å². The van der Waals surface area contributed by atoms with E-state index >= 15 is 0 Å². The zero-order chi connectivity index (χ0) is 62.3. The normalized spacial score (nSPS) is 17.3. The van der Waals surface area contributed by atoms with Gasteiger partial charge in [-0.15, -0.1) is 0 Å². The van der Waals surface area contributed by atoms with Crippen molar-refractivity contribution in [2.75, 3.05) is 14.6 Å². The third-order valence-corrected chi connectivity index (χ3v) is 22.9. The minimum atomic E-state index is -0.595. The standard InChI is InChI=1S/C87H80BN3/c1-54(2)59-48-68-67-41-39-62(89(61-27-21-26-58(47-61)56-24-13-12-14-25-56)60-37-35-57(36-38-60)64-28-16-15-23-55(64)3)51-78(67)91(63-40-42-71-73(50-63)84(6,7)44-43-83(71,4)5)88-77-34-22-33-72-82(77)90(80(49-59)81(68)88)79-53-75-74(85(8,9)45-46-86(75,10)11)52-76(79)87(72)69-31-19-17-29-65(69)66-30-18-20-32-70(66)87/h12-42,47-54H,43-46H2,1-11H3. The summed E-state index contributed by atoms with van der Waals surface area (Å²) in [7, 11) is 0. The van der Waals surface area contributed by atoms with Gasteiger partial charge in [-0.3, -0.25) is 0 Å². The lowest BCUT2D eigenvalue weighted by Crippen LogP contribution is -2.63. The quantitative estimate of drug-likeness (QED) is 0.147. The Morgan fingerprint density at radius 1 is 0.374 bits per heavy atom. The summed E-state index contributed by atoms with van der Waals surface area (Å²) < 4.78 is 0. The lowest BCUT2D eigenvalue weighted by molar-refractivity contribution is 0.331. The lowest BCUT2D eigenvalue weighted by Gasteiger charge is -2.53. The SMILES string of the molecule is Cc1ccccc1-c1ccc(N(c2cccc(-c3ccccc3)c2)c2ccc3c(c2)N(c2ccc4c(c2)C(C)(C)CCC4(C)C)B2c4cccc5c4N(c4cc6c(cc4C54c5ccccc5-c5ccccc54)C(C)(C)CCC6(C)C)c4cc(C(C)C)cc-3c42)cc1. The average molecular weight is 1180 g/mol. The monoisotopic (exact) mass is 1180 g/mol. The Bertz CT molecular complexity index is 4800. The van der Waals surface area contributed by atoms with Gasteiger partial charge in [0.25, 0.3) is 0 Å². The van der Waals surface area contributed by atoms with Crippen molar-refractivity contribution in [3.05, 3.63) is 286 Å². The predicted octanol–water partition coefficient (Wildman–Crippen LogP) is 22.0. The number of fused-ring (bicyclic) bond motifs is 15. The minimum Gasteiger partial charge on any atom is -0.376 e. The van der Waals surface area contributed by atoms with Crippen LogP contribution in [0.1, 0.15) is 156 Å². The highest BCUT2D eigenvalue weighted by Gasteiger charge is 2.57. The molecule has 3 aliphatic heterocycles. The number of hydrogen-bond acceptors (Lipinski definition) is 3. The zero-order valence-corrected chi connectivity index (χ0v) is 54.8. The first kappa shape index (κ1) is 55.9. The summed E-state index contributed by atoms with van der Waals surface area (Å²) in [6.07, 6.45) is 4.58. The highest BCUT2D eigenvalue weighted by Crippen LogP contribution is 2.66. The van der Waals surface area contributed by atoms with Crippen molar-refractivity contribution in [2.24, 2.45) is 0 Å². The first-order valence-electron chi connectivity index (χ1n) is 33.5. The number of para-hydroxylation sites is 1. The molecule has 3 aliphatic carbocycles. The molecule has 446 valence electrons. The van der Waals surface area contributed by atoms with E-state index < -0.39 is 5.41 Å². The Morgan fingerprint density at radius 3 is 1.63 bits per heavy atom. The van der Waals surface area contributed by atoms with Gasteiger partial charge in [-0.25, -0.2) is 0 Å². The summed E-state index contributed by atoms with van der Waals surface area (Å²) in [4.78, 5) is 8.11. The van der Waals surface area contributed by atoms with E-state index in [-0.39, 0.29) is 34.4 Å². The molecule has 0 fully saturated rings. The van der Waals surface area contributed by atoms with E-state index in [1.54, 1.807) is 0 Å². The molecule has 17 rings (SSSR count). The van der Waals surface area contributed by atoms with Crippen molar-refractivity contribution < 1.29 is 0 Å². The molecule has 0 N–H and O–H groups in total. The second kappa shape index (κ2) is 19.7. The maximum absolute atomic E-state index is 2.81. The van der Waals surface area contributed by atoms with E-state index in [2.05, 4.69) is 321 Å². The topological polar surface area (TPSA) is 9.72 Å². The number of hydrogen-bond donors (Lipinski definition) is 0. The smallest absolute Gasteiger partial charge is 0.333 e. The third-order valence-electron chi connectivity index (χ3n) is 22.9. The maximum atomic E-state index is 2.81. The third kappa shape index (κ3) is 8.06. The van der Waals surface area contributed by atoms with Crippen LogP contribution in [0.25, 0.3) is 44.5 Å². The Labute approximate surface area is 540 Å². The van der Waals surface area contributed by atoms with Crippen LogP contribution >= 0.6 is 0 Å². The second-order valence-corrected chi connectivity index (χ2v) is 30.3. The highest BCUT2D eigenvalue weighted by molar-refractivity contribution is 6.93. The Balaban J connectivity index is 0.979. The molecule has 1 spiro atoms.